The Morgan fingerprint density at radius 1 is 1.30 bits per heavy atom. The molecular formula is C15H19BrN2O2. The molecular weight excluding hydrogens is 320 g/mol. The normalized spacial score (nSPS) is 17.4. The molecule has 0 amide bonds. The van der Waals surface area contributed by atoms with Gasteiger partial charge in [0.1, 0.15) is 0 Å². The highest BCUT2D eigenvalue weighted by molar-refractivity contribution is 9.10. The van der Waals surface area contributed by atoms with E-state index in [0.29, 0.717) is 0 Å². The summed E-state index contributed by atoms with van der Waals surface area (Å²) in [4.78, 5) is 15.4. The first-order chi connectivity index (χ1) is 9.56. The van der Waals surface area contributed by atoms with Gasteiger partial charge in [-0.3, -0.25) is 0 Å². The smallest absolute Gasteiger partial charge is 0.328 e. The van der Waals surface area contributed by atoms with Gasteiger partial charge in [0.2, 0.25) is 0 Å². The quantitative estimate of drug-likeness (QED) is 0.860. The van der Waals surface area contributed by atoms with Crippen LogP contribution >= 0.6 is 15.9 Å². The number of carboxylic acid groups (broad SMARTS) is 1. The van der Waals surface area contributed by atoms with E-state index in [1.807, 2.05) is 12.1 Å². The number of aliphatic carboxylic acids is 1. The molecule has 0 aliphatic carbocycles. The number of rotatable bonds is 3. The van der Waals surface area contributed by atoms with Crippen LogP contribution < -0.4 is 4.90 Å². The maximum atomic E-state index is 10.7. The first kappa shape index (κ1) is 15.1. The van der Waals surface area contributed by atoms with Gasteiger partial charge in [0.25, 0.3) is 0 Å². The summed E-state index contributed by atoms with van der Waals surface area (Å²) >= 11 is 3.50. The molecule has 0 atom stereocenters. The van der Waals surface area contributed by atoms with Crippen molar-refractivity contribution in [1.82, 2.24) is 4.90 Å². The molecule has 0 spiro atoms. The van der Waals surface area contributed by atoms with Crippen LogP contribution in [-0.2, 0) is 4.79 Å². The van der Waals surface area contributed by atoms with Crippen LogP contribution in [0.1, 0.15) is 12.0 Å². The van der Waals surface area contributed by atoms with Crippen molar-refractivity contribution < 1.29 is 9.90 Å². The van der Waals surface area contributed by atoms with Crippen molar-refractivity contribution >= 4 is 33.7 Å². The van der Waals surface area contributed by atoms with Gasteiger partial charge in [-0.2, -0.15) is 0 Å². The summed E-state index contributed by atoms with van der Waals surface area (Å²) in [6.45, 7) is 4.08. The summed E-state index contributed by atoms with van der Waals surface area (Å²) in [5, 5.41) is 8.79. The highest BCUT2D eigenvalue weighted by Gasteiger charge is 2.15. The Balaban J connectivity index is 2.28. The third-order valence-corrected chi connectivity index (χ3v) is 3.95. The van der Waals surface area contributed by atoms with Crippen LogP contribution in [0.15, 0.2) is 28.7 Å². The van der Waals surface area contributed by atoms with Gasteiger partial charge >= 0.3 is 5.97 Å². The Labute approximate surface area is 127 Å². The van der Waals surface area contributed by atoms with E-state index in [-0.39, 0.29) is 0 Å². The summed E-state index contributed by atoms with van der Waals surface area (Å²) in [5.74, 6) is -0.922. The van der Waals surface area contributed by atoms with Crippen molar-refractivity contribution in [3.63, 3.8) is 0 Å². The highest BCUT2D eigenvalue weighted by Crippen LogP contribution is 2.27. The number of carbonyl (C=O) groups is 1. The topological polar surface area (TPSA) is 43.8 Å². The lowest BCUT2D eigenvalue weighted by Gasteiger charge is -2.25. The van der Waals surface area contributed by atoms with Gasteiger partial charge < -0.3 is 14.9 Å². The zero-order chi connectivity index (χ0) is 14.5. The predicted molar refractivity (Wildman–Crippen MR) is 85.1 cm³/mol. The van der Waals surface area contributed by atoms with Crippen LogP contribution in [0.2, 0.25) is 0 Å². The lowest BCUT2D eigenvalue weighted by molar-refractivity contribution is -0.131. The lowest BCUT2D eigenvalue weighted by Crippen LogP contribution is -2.29. The van der Waals surface area contributed by atoms with Crippen molar-refractivity contribution in [2.75, 3.05) is 38.1 Å². The van der Waals surface area contributed by atoms with Gasteiger partial charge in [0, 0.05) is 35.9 Å². The Hall–Kier alpha value is -1.33. The summed E-state index contributed by atoms with van der Waals surface area (Å²) in [7, 11) is 2.13. The van der Waals surface area contributed by atoms with Crippen molar-refractivity contribution in [1.29, 1.82) is 0 Å². The largest absolute Gasteiger partial charge is 0.478 e. The maximum absolute atomic E-state index is 10.7. The second-order valence-corrected chi connectivity index (χ2v) is 5.93. The first-order valence-electron chi connectivity index (χ1n) is 6.70. The molecule has 1 aliphatic heterocycles. The van der Waals surface area contributed by atoms with Gasteiger partial charge in [0.05, 0.1) is 0 Å². The summed E-state index contributed by atoms with van der Waals surface area (Å²) in [6.07, 6.45) is 3.97. The second-order valence-electron chi connectivity index (χ2n) is 5.02. The van der Waals surface area contributed by atoms with E-state index in [0.717, 1.165) is 48.3 Å². The molecule has 1 N–H and O–H groups in total. The van der Waals surface area contributed by atoms with Gasteiger partial charge in [-0.25, -0.2) is 4.79 Å². The molecule has 0 bridgehead atoms. The molecule has 1 aromatic carbocycles. The van der Waals surface area contributed by atoms with E-state index < -0.39 is 5.97 Å². The molecule has 2 rings (SSSR count). The fraction of sp³-hybridized carbons (Fsp3) is 0.400. The zero-order valence-corrected chi connectivity index (χ0v) is 13.1. The van der Waals surface area contributed by atoms with Crippen molar-refractivity contribution in [2.24, 2.45) is 0 Å². The Morgan fingerprint density at radius 2 is 2.10 bits per heavy atom. The molecule has 108 valence electrons. The van der Waals surface area contributed by atoms with E-state index in [2.05, 4.69) is 38.8 Å². The van der Waals surface area contributed by atoms with Gasteiger partial charge in [-0.15, -0.1) is 0 Å². The third kappa shape index (κ3) is 4.08. The number of hydrogen-bond acceptors (Lipinski definition) is 3. The Kier molecular flexibility index (Phi) is 5.20. The number of carboxylic acids is 1. The number of anilines is 1. The van der Waals surface area contributed by atoms with Crippen LogP contribution in [0.25, 0.3) is 6.08 Å². The van der Waals surface area contributed by atoms with Crippen LogP contribution in [0.4, 0.5) is 5.69 Å². The summed E-state index contributed by atoms with van der Waals surface area (Å²) in [5.41, 5.74) is 2.03. The van der Waals surface area contributed by atoms with Crippen molar-refractivity contribution in [3.8, 4) is 0 Å². The zero-order valence-electron chi connectivity index (χ0n) is 11.6. The fourth-order valence-electron chi connectivity index (χ4n) is 2.38. The molecule has 5 heteroatoms. The van der Waals surface area contributed by atoms with E-state index in [1.165, 1.54) is 6.08 Å². The number of hydrogen-bond donors (Lipinski definition) is 1. The first-order valence-corrected chi connectivity index (χ1v) is 7.49. The predicted octanol–water partition coefficient (Wildman–Crippen LogP) is 2.69. The van der Waals surface area contributed by atoms with E-state index >= 15 is 0 Å². The van der Waals surface area contributed by atoms with Crippen LogP contribution in [0, 0.1) is 0 Å². The molecule has 0 radical (unpaired) electrons. The van der Waals surface area contributed by atoms with Gasteiger partial charge in [-0.1, -0.05) is 22.0 Å². The van der Waals surface area contributed by atoms with Crippen LogP contribution in [-0.4, -0.2) is 49.2 Å². The lowest BCUT2D eigenvalue weighted by atomic mass is 10.1. The van der Waals surface area contributed by atoms with E-state index in [4.69, 9.17) is 5.11 Å². The SMILES string of the molecule is CN1CCCN(c2cc(Br)ccc2/C=C/C(=O)O)CC1. The van der Waals surface area contributed by atoms with E-state index in [1.54, 1.807) is 6.08 Å². The summed E-state index contributed by atoms with van der Waals surface area (Å²) in [6, 6.07) is 5.95. The number of likely N-dealkylation sites (N-methyl/N-ethyl adjacent to an activating group) is 1. The minimum atomic E-state index is -0.922. The fourth-order valence-corrected chi connectivity index (χ4v) is 2.73. The van der Waals surface area contributed by atoms with Crippen LogP contribution in [0.5, 0.6) is 0 Å². The van der Waals surface area contributed by atoms with Crippen LogP contribution in [0.3, 0.4) is 0 Å². The number of nitrogens with zero attached hydrogens (tertiary/aromatic N) is 2. The van der Waals surface area contributed by atoms with Crippen molar-refractivity contribution in [3.05, 3.63) is 34.3 Å². The molecule has 1 heterocycles. The van der Waals surface area contributed by atoms with E-state index in [9.17, 15) is 4.79 Å². The molecule has 1 fully saturated rings. The Bertz CT molecular complexity index is 517. The summed E-state index contributed by atoms with van der Waals surface area (Å²) < 4.78 is 1.01. The Morgan fingerprint density at radius 3 is 2.85 bits per heavy atom. The van der Waals surface area contributed by atoms with Gasteiger partial charge in [-0.05, 0) is 43.8 Å². The van der Waals surface area contributed by atoms with Crippen molar-refractivity contribution in [2.45, 2.75) is 6.42 Å². The highest BCUT2D eigenvalue weighted by atomic mass is 79.9. The molecule has 1 aromatic rings. The molecule has 0 unspecified atom stereocenters. The minimum Gasteiger partial charge on any atom is -0.478 e. The molecule has 1 saturated heterocycles. The van der Waals surface area contributed by atoms with Gasteiger partial charge in [0.15, 0.2) is 0 Å². The average molecular weight is 339 g/mol. The molecule has 4 nitrogen and oxygen atoms in total. The maximum Gasteiger partial charge on any atom is 0.328 e. The standard InChI is InChI=1S/C15H19BrN2O2/c1-17-7-2-8-18(10-9-17)14-11-13(16)5-3-12(14)4-6-15(19)20/h3-6,11H,2,7-10H2,1H3,(H,19,20)/b6-4+. The third-order valence-electron chi connectivity index (χ3n) is 3.46. The number of halogens is 1. The molecule has 1 aliphatic rings. The molecule has 0 saturated carbocycles. The monoisotopic (exact) mass is 338 g/mol. The average Bonchev–Trinajstić information content (AvgIpc) is 2.62. The second kappa shape index (κ2) is 6.90. The molecule has 20 heavy (non-hydrogen) atoms. The number of benzene rings is 1. The minimum absolute atomic E-state index is 0.922. The molecule has 0 aromatic heterocycles.